The van der Waals surface area contributed by atoms with Gasteiger partial charge in [0.15, 0.2) is 0 Å². The molecule has 1 saturated heterocycles. The second-order valence-corrected chi connectivity index (χ2v) is 9.03. The maximum Gasteiger partial charge on any atom is 0.270 e. The van der Waals surface area contributed by atoms with E-state index in [9.17, 15) is 13.2 Å². The number of halogens is 2. The van der Waals surface area contributed by atoms with Crippen LogP contribution in [0.1, 0.15) is 10.5 Å². The molecule has 0 saturated carbocycles. The first-order valence-corrected chi connectivity index (χ1v) is 10.3. The summed E-state index contributed by atoms with van der Waals surface area (Å²) in [6.45, 7) is 1.27. The van der Waals surface area contributed by atoms with Gasteiger partial charge < -0.3 is 9.88 Å². The number of aromatic nitrogens is 1. The van der Waals surface area contributed by atoms with Gasteiger partial charge in [0.2, 0.25) is 10.0 Å². The highest BCUT2D eigenvalue weighted by molar-refractivity contribution is 9.10. The first-order chi connectivity index (χ1) is 11.4. The second-order valence-electron chi connectivity index (χ2n) is 5.36. The van der Waals surface area contributed by atoms with Gasteiger partial charge in [-0.1, -0.05) is 12.1 Å². The summed E-state index contributed by atoms with van der Waals surface area (Å²) < 4.78 is 28.2. The van der Waals surface area contributed by atoms with Crippen LogP contribution in [-0.2, 0) is 10.0 Å². The SMILES string of the molecule is O=C(c1cc(Br)c[nH]1)N1CCN(S(=O)(=O)c2ccccc2Br)CC1. The van der Waals surface area contributed by atoms with Gasteiger partial charge in [-0.25, -0.2) is 8.42 Å². The largest absolute Gasteiger partial charge is 0.356 e. The number of amides is 1. The van der Waals surface area contributed by atoms with Gasteiger partial charge in [-0.15, -0.1) is 0 Å². The third-order valence-corrected chi connectivity index (χ3v) is 7.23. The molecule has 1 aromatic heterocycles. The van der Waals surface area contributed by atoms with Crippen molar-refractivity contribution >= 4 is 47.8 Å². The zero-order chi connectivity index (χ0) is 17.3. The fourth-order valence-electron chi connectivity index (χ4n) is 2.59. The molecular formula is C15H15Br2N3O3S. The van der Waals surface area contributed by atoms with E-state index < -0.39 is 10.0 Å². The monoisotopic (exact) mass is 475 g/mol. The molecule has 0 unspecified atom stereocenters. The van der Waals surface area contributed by atoms with E-state index in [2.05, 4.69) is 36.8 Å². The molecule has 0 aliphatic carbocycles. The second kappa shape index (κ2) is 6.99. The number of sulfonamides is 1. The molecule has 2 heterocycles. The van der Waals surface area contributed by atoms with Crippen molar-refractivity contribution in [3.8, 4) is 0 Å². The zero-order valence-corrected chi connectivity index (χ0v) is 16.6. The predicted molar refractivity (Wildman–Crippen MR) is 97.3 cm³/mol. The van der Waals surface area contributed by atoms with Crippen molar-refractivity contribution in [2.24, 2.45) is 0 Å². The quantitative estimate of drug-likeness (QED) is 0.740. The number of benzene rings is 1. The lowest BCUT2D eigenvalue weighted by atomic mass is 10.3. The Bertz CT molecular complexity index is 858. The summed E-state index contributed by atoms with van der Waals surface area (Å²) in [5.41, 5.74) is 0.490. The lowest BCUT2D eigenvalue weighted by Crippen LogP contribution is -2.50. The van der Waals surface area contributed by atoms with Gasteiger partial charge in [-0.2, -0.15) is 4.31 Å². The lowest BCUT2D eigenvalue weighted by molar-refractivity contribution is 0.0692. The normalized spacial score (nSPS) is 16.3. The fourth-order valence-corrected chi connectivity index (χ4v) is 5.32. The van der Waals surface area contributed by atoms with E-state index in [1.807, 2.05) is 0 Å². The number of hydrogen-bond acceptors (Lipinski definition) is 3. The number of aromatic amines is 1. The molecular weight excluding hydrogens is 462 g/mol. The van der Waals surface area contributed by atoms with E-state index in [-0.39, 0.29) is 23.9 Å². The minimum atomic E-state index is -3.57. The molecule has 9 heteroatoms. The standard InChI is InChI=1S/C15H15Br2N3O3S/c16-11-9-13(18-10-11)15(21)19-5-7-20(8-6-19)24(22,23)14-4-2-1-3-12(14)17/h1-4,9-10,18H,5-8H2. The van der Waals surface area contributed by atoms with Crippen LogP contribution >= 0.6 is 31.9 Å². The number of nitrogens with zero attached hydrogens (tertiary/aromatic N) is 2. The van der Waals surface area contributed by atoms with Crippen molar-refractivity contribution in [1.82, 2.24) is 14.2 Å². The van der Waals surface area contributed by atoms with Crippen LogP contribution in [0.2, 0.25) is 0 Å². The Morgan fingerprint density at radius 2 is 1.75 bits per heavy atom. The summed E-state index contributed by atoms with van der Waals surface area (Å²) >= 11 is 6.59. The fraction of sp³-hybridized carbons (Fsp3) is 0.267. The summed E-state index contributed by atoms with van der Waals surface area (Å²) in [5, 5.41) is 0. The van der Waals surface area contributed by atoms with Crippen LogP contribution in [0.5, 0.6) is 0 Å². The Hall–Kier alpha value is -1.16. The Balaban J connectivity index is 1.71. The molecule has 128 valence electrons. The highest BCUT2D eigenvalue weighted by Crippen LogP contribution is 2.25. The molecule has 1 aliphatic heterocycles. The van der Waals surface area contributed by atoms with E-state index >= 15 is 0 Å². The molecule has 0 radical (unpaired) electrons. The Labute approximate surface area is 157 Å². The Morgan fingerprint density at radius 1 is 1.08 bits per heavy atom. The van der Waals surface area contributed by atoms with Crippen molar-refractivity contribution in [1.29, 1.82) is 0 Å². The predicted octanol–water partition coefficient (Wildman–Crippen LogP) is 2.69. The summed E-state index contributed by atoms with van der Waals surface area (Å²) in [6.07, 6.45) is 1.70. The van der Waals surface area contributed by atoms with Crippen molar-refractivity contribution in [3.05, 3.63) is 51.2 Å². The summed E-state index contributed by atoms with van der Waals surface area (Å²) in [7, 11) is -3.57. The number of hydrogen-bond donors (Lipinski definition) is 1. The minimum absolute atomic E-state index is 0.126. The van der Waals surface area contributed by atoms with Crippen molar-refractivity contribution in [3.63, 3.8) is 0 Å². The molecule has 24 heavy (non-hydrogen) atoms. The number of nitrogens with one attached hydrogen (secondary N) is 1. The van der Waals surface area contributed by atoms with Crippen LogP contribution in [0.25, 0.3) is 0 Å². The van der Waals surface area contributed by atoms with E-state index in [0.717, 1.165) is 4.47 Å². The maximum atomic E-state index is 12.7. The molecule has 0 spiro atoms. The van der Waals surface area contributed by atoms with Gasteiger partial charge >= 0.3 is 0 Å². The van der Waals surface area contributed by atoms with E-state index in [0.29, 0.717) is 23.3 Å². The highest BCUT2D eigenvalue weighted by Gasteiger charge is 2.31. The van der Waals surface area contributed by atoms with Gasteiger partial charge in [0.1, 0.15) is 5.69 Å². The van der Waals surface area contributed by atoms with E-state index in [1.165, 1.54) is 4.31 Å². The van der Waals surface area contributed by atoms with Crippen molar-refractivity contribution in [2.75, 3.05) is 26.2 Å². The summed E-state index contributed by atoms with van der Waals surface area (Å²) in [4.78, 5) is 17.2. The van der Waals surface area contributed by atoms with Crippen LogP contribution in [-0.4, -0.2) is 54.7 Å². The summed E-state index contributed by atoms with van der Waals surface area (Å²) in [6, 6.07) is 8.46. The van der Waals surface area contributed by atoms with Gasteiger partial charge in [0.25, 0.3) is 5.91 Å². The van der Waals surface area contributed by atoms with E-state index in [1.54, 1.807) is 41.4 Å². The van der Waals surface area contributed by atoms with Gasteiger partial charge in [0.05, 0.1) is 4.90 Å². The summed E-state index contributed by atoms with van der Waals surface area (Å²) in [5.74, 6) is -0.126. The van der Waals surface area contributed by atoms with Gasteiger partial charge in [0, 0.05) is 41.3 Å². The molecule has 3 rings (SSSR count). The Kier molecular flexibility index (Phi) is 5.14. The van der Waals surface area contributed by atoms with Crippen molar-refractivity contribution < 1.29 is 13.2 Å². The number of H-pyrrole nitrogens is 1. The number of piperazine rings is 1. The number of carbonyl (C=O) groups excluding carboxylic acids is 1. The molecule has 1 amide bonds. The van der Waals surface area contributed by atoms with Gasteiger partial charge in [-0.3, -0.25) is 4.79 Å². The topological polar surface area (TPSA) is 73.5 Å². The number of carbonyl (C=O) groups is 1. The average Bonchev–Trinajstić information content (AvgIpc) is 3.01. The highest BCUT2D eigenvalue weighted by atomic mass is 79.9. The molecule has 1 aliphatic rings. The molecule has 6 nitrogen and oxygen atoms in total. The molecule has 1 N–H and O–H groups in total. The third-order valence-electron chi connectivity index (χ3n) is 3.86. The van der Waals surface area contributed by atoms with Gasteiger partial charge in [-0.05, 0) is 50.1 Å². The van der Waals surface area contributed by atoms with Crippen LogP contribution in [0.3, 0.4) is 0 Å². The van der Waals surface area contributed by atoms with E-state index in [4.69, 9.17) is 0 Å². The van der Waals surface area contributed by atoms with Crippen molar-refractivity contribution in [2.45, 2.75) is 4.90 Å². The molecule has 2 aromatic rings. The first kappa shape index (κ1) is 17.7. The molecule has 0 bridgehead atoms. The Morgan fingerprint density at radius 3 is 2.33 bits per heavy atom. The first-order valence-electron chi connectivity index (χ1n) is 7.27. The molecule has 1 fully saturated rings. The third kappa shape index (κ3) is 3.44. The van der Waals surface area contributed by atoms with Crippen LogP contribution in [0.4, 0.5) is 0 Å². The minimum Gasteiger partial charge on any atom is -0.356 e. The van der Waals surface area contributed by atoms with Crippen LogP contribution < -0.4 is 0 Å². The van der Waals surface area contributed by atoms with Crippen LogP contribution in [0.15, 0.2) is 50.4 Å². The maximum absolute atomic E-state index is 12.7. The smallest absolute Gasteiger partial charge is 0.270 e. The molecule has 0 atom stereocenters. The van der Waals surface area contributed by atoms with Crippen LogP contribution in [0, 0.1) is 0 Å². The number of rotatable bonds is 3. The molecule has 1 aromatic carbocycles. The lowest BCUT2D eigenvalue weighted by Gasteiger charge is -2.34. The zero-order valence-electron chi connectivity index (χ0n) is 12.6. The average molecular weight is 477 g/mol.